The summed E-state index contributed by atoms with van der Waals surface area (Å²) in [6.45, 7) is 0. The van der Waals surface area contributed by atoms with Gasteiger partial charge in [0.1, 0.15) is 17.8 Å². The molecule has 11 heteroatoms. The number of carbonyl (C=O) groups excluding carboxylic acids is 1. The molecule has 0 bridgehead atoms. The van der Waals surface area contributed by atoms with Crippen molar-refractivity contribution in [1.82, 2.24) is 9.97 Å². The van der Waals surface area contributed by atoms with Crippen LogP contribution in [-0.2, 0) is 9.53 Å². The van der Waals surface area contributed by atoms with Crippen LogP contribution >= 0.6 is 11.6 Å². The molecule has 2 aromatic rings. The van der Waals surface area contributed by atoms with Crippen molar-refractivity contribution in [2.75, 3.05) is 12.4 Å². The lowest BCUT2D eigenvalue weighted by Crippen LogP contribution is -2.25. The molecule has 0 aliphatic carbocycles. The third-order valence-electron chi connectivity index (χ3n) is 2.94. The zero-order valence-electron chi connectivity index (χ0n) is 12.0. The number of benzene rings is 1. The van der Waals surface area contributed by atoms with E-state index in [2.05, 4.69) is 20.0 Å². The van der Waals surface area contributed by atoms with E-state index in [1.165, 1.54) is 0 Å². The van der Waals surface area contributed by atoms with Crippen LogP contribution in [0.2, 0.25) is 5.28 Å². The highest BCUT2D eigenvalue weighted by Gasteiger charge is 2.31. The largest absolute Gasteiger partial charge is 0.467 e. The van der Waals surface area contributed by atoms with Crippen molar-refractivity contribution in [3.63, 3.8) is 0 Å². The SMILES string of the molecule is COC(=O)C(Nc1nc(Cl)ncc1[N+](=O)[O-])c1c(F)cccc1F. The van der Waals surface area contributed by atoms with E-state index in [0.29, 0.717) is 0 Å². The Hall–Kier alpha value is -2.88. The first-order valence-electron chi connectivity index (χ1n) is 6.30. The van der Waals surface area contributed by atoms with Gasteiger partial charge in [-0.25, -0.2) is 18.6 Å². The summed E-state index contributed by atoms with van der Waals surface area (Å²) in [5.41, 5.74) is -1.31. The van der Waals surface area contributed by atoms with Crippen LogP contribution < -0.4 is 5.32 Å². The fourth-order valence-corrected chi connectivity index (χ4v) is 2.02. The second-order valence-corrected chi connectivity index (χ2v) is 4.70. The van der Waals surface area contributed by atoms with Gasteiger partial charge in [-0.05, 0) is 23.7 Å². The zero-order chi connectivity index (χ0) is 17.9. The van der Waals surface area contributed by atoms with Gasteiger partial charge >= 0.3 is 11.7 Å². The molecular weight excluding hydrogens is 350 g/mol. The molecule has 0 fully saturated rings. The minimum Gasteiger partial charge on any atom is -0.467 e. The minimum atomic E-state index is -1.72. The van der Waals surface area contributed by atoms with Gasteiger partial charge in [-0.15, -0.1) is 0 Å². The molecule has 1 heterocycles. The zero-order valence-corrected chi connectivity index (χ0v) is 12.8. The van der Waals surface area contributed by atoms with Crippen molar-refractivity contribution in [1.29, 1.82) is 0 Å². The van der Waals surface area contributed by atoms with Crippen molar-refractivity contribution in [3.05, 3.63) is 57.0 Å². The first kappa shape index (κ1) is 17.5. The summed E-state index contributed by atoms with van der Waals surface area (Å²) in [4.78, 5) is 29.1. The standard InChI is InChI=1S/C13H9ClF2N4O4/c1-24-12(21)10(9-6(15)3-2-4-7(9)16)18-11-8(20(22)23)5-17-13(14)19-11/h2-5,10H,1H3,(H,17,18,19). The molecule has 126 valence electrons. The molecule has 2 rings (SSSR count). The Balaban J connectivity index is 2.54. The number of anilines is 1. The summed E-state index contributed by atoms with van der Waals surface area (Å²) in [7, 11) is 0.997. The molecule has 1 unspecified atom stereocenters. The summed E-state index contributed by atoms with van der Waals surface area (Å²) in [6.07, 6.45) is 0.795. The van der Waals surface area contributed by atoms with E-state index in [9.17, 15) is 23.7 Å². The van der Waals surface area contributed by atoms with Crippen molar-refractivity contribution >= 4 is 29.1 Å². The number of aromatic nitrogens is 2. The highest BCUT2D eigenvalue weighted by atomic mass is 35.5. The van der Waals surface area contributed by atoms with Gasteiger partial charge in [0, 0.05) is 0 Å². The normalized spacial score (nSPS) is 11.7. The molecule has 0 saturated carbocycles. The summed E-state index contributed by atoms with van der Waals surface area (Å²) in [5, 5.41) is 12.9. The van der Waals surface area contributed by atoms with E-state index in [4.69, 9.17) is 11.6 Å². The predicted molar refractivity (Wildman–Crippen MR) is 78.4 cm³/mol. The van der Waals surface area contributed by atoms with Crippen molar-refractivity contribution < 1.29 is 23.2 Å². The van der Waals surface area contributed by atoms with E-state index in [1.54, 1.807) is 0 Å². The maximum absolute atomic E-state index is 14.0. The van der Waals surface area contributed by atoms with E-state index in [-0.39, 0.29) is 5.28 Å². The highest BCUT2D eigenvalue weighted by molar-refractivity contribution is 6.28. The molecule has 0 amide bonds. The molecule has 0 aliphatic rings. The second kappa shape index (κ2) is 7.13. The van der Waals surface area contributed by atoms with E-state index >= 15 is 0 Å². The Morgan fingerprint density at radius 3 is 2.58 bits per heavy atom. The number of carbonyl (C=O) groups is 1. The molecule has 1 atom stereocenters. The van der Waals surface area contributed by atoms with Crippen molar-refractivity contribution in [2.45, 2.75) is 6.04 Å². The van der Waals surface area contributed by atoms with Crippen LogP contribution in [0.4, 0.5) is 20.3 Å². The number of rotatable bonds is 5. The second-order valence-electron chi connectivity index (χ2n) is 4.37. The molecular formula is C13H9ClF2N4O4. The lowest BCUT2D eigenvalue weighted by molar-refractivity contribution is -0.384. The lowest BCUT2D eigenvalue weighted by atomic mass is 10.1. The van der Waals surface area contributed by atoms with Gasteiger partial charge in [-0.2, -0.15) is 4.98 Å². The Bertz CT molecular complexity index is 785. The third-order valence-corrected chi connectivity index (χ3v) is 3.13. The fourth-order valence-electron chi connectivity index (χ4n) is 1.88. The van der Waals surface area contributed by atoms with Gasteiger partial charge in [0.15, 0.2) is 6.04 Å². The van der Waals surface area contributed by atoms with Gasteiger partial charge in [-0.1, -0.05) is 6.07 Å². The van der Waals surface area contributed by atoms with Crippen LogP contribution in [0.3, 0.4) is 0 Å². The molecule has 0 saturated heterocycles. The number of nitrogens with one attached hydrogen (secondary N) is 1. The Morgan fingerprint density at radius 2 is 2.04 bits per heavy atom. The van der Waals surface area contributed by atoms with E-state index < -0.39 is 45.6 Å². The Kier molecular flexibility index (Phi) is 5.19. The van der Waals surface area contributed by atoms with Crippen LogP contribution in [0.15, 0.2) is 24.4 Å². The average molecular weight is 359 g/mol. The molecule has 0 aliphatic heterocycles. The Morgan fingerprint density at radius 1 is 1.42 bits per heavy atom. The number of esters is 1. The fraction of sp³-hybridized carbons (Fsp3) is 0.154. The molecule has 0 radical (unpaired) electrons. The van der Waals surface area contributed by atoms with Crippen molar-refractivity contribution in [3.8, 4) is 0 Å². The van der Waals surface area contributed by atoms with Gasteiger partial charge in [0.05, 0.1) is 17.6 Å². The molecule has 8 nitrogen and oxygen atoms in total. The van der Waals surface area contributed by atoms with Crippen molar-refractivity contribution in [2.24, 2.45) is 0 Å². The third kappa shape index (κ3) is 3.54. The number of nitro groups is 1. The molecule has 1 N–H and O–H groups in total. The van der Waals surface area contributed by atoms with Gasteiger partial charge in [0.25, 0.3) is 0 Å². The van der Waals surface area contributed by atoms with Gasteiger partial charge in [-0.3, -0.25) is 10.1 Å². The van der Waals surface area contributed by atoms with E-state index in [1.807, 2.05) is 0 Å². The number of methoxy groups -OCH3 is 1. The molecule has 1 aromatic heterocycles. The first-order valence-corrected chi connectivity index (χ1v) is 6.68. The first-order chi connectivity index (χ1) is 11.3. The van der Waals surface area contributed by atoms with Crippen LogP contribution in [0.5, 0.6) is 0 Å². The molecule has 24 heavy (non-hydrogen) atoms. The average Bonchev–Trinajstić information content (AvgIpc) is 2.52. The number of nitrogens with zero attached hydrogens (tertiary/aromatic N) is 3. The minimum absolute atomic E-state index is 0.360. The summed E-state index contributed by atoms with van der Waals surface area (Å²) >= 11 is 5.58. The van der Waals surface area contributed by atoms with Gasteiger partial charge < -0.3 is 10.1 Å². The molecule has 0 spiro atoms. The Labute approximate surface area is 138 Å². The number of ether oxygens (including phenoxy) is 1. The highest BCUT2D eigenvalue weighted by Crippen LogP contribution is 2.29. The summed E-state index contributed by atoms with van der Waals surface area (Å²) in [6, 6.07) is 1.24. The predicted octanol–water partition coefficient (Wildman–Crippen LogP) is 2.64. The lowest BCUT2D eigenvalue weighted by Gasteiger charge is -2.18. The van der Waals surface area contributed by atoms with Crippen LogP contribution in [0, 0.1) is 21.7 Å². The number of hydrogen-bond acceptors (Lipinski definition) is 7. The number of hydrogen-bond donors (Lipinski definition) is 1. The van der Waals surface area contributed by atoms with E-state index in [0.717, 1.165) is 31.5 Å². The van der Waals surface area contributed by atoms with Crippen LogP contribution in [-0.4, -0.2) is 28.0 Å². The quantitative estimate of drug-likeness (QED) is 0.379. The maximum atomic E-state index is 14.0. The maximum Gasteiger partial charge on any atom is 0.333 e. The smallest absolute Gasteiger partial charge is 0.333 e. The summed E-state index contributed by atoms with van der Waals surface area (Å²) < 4.78 is 32.4. The molecule has 1 aromatic carbocycles. The monoisotopic (exact) mass is 358 g/mol. The van der Waals surface area contributed by atoms with Crippen LogP contribution in [0.1, 0.15) is 11.6 Å². The topological polar surface area (TPSA) is 107 Å². The van der Waals surface area contributed by atoms with Crippen LogP contribution in [0.25, 0.3) is 0 Å². The van der Waals surface area contributed by atoms with Gasteiger partial charge in [0.2, 0.25) is 11.1 Å². The number of halogens is 3. The summed E-state index contributed by atoms with van der Waals surface area (Å²) in [5.74, 6) is -3.65.